The molecule has 1 fully saturated rings. The first-order chi connectivity index (χ1) is 9.86. The van der Waals surface area contributed by atoms with Crippen molar-refractivity contribution in [2.24, 2.45) is 0 Å². The topological polar surface area (TPSA) is 17.0 Å². The molecule has 1 unspecified atom stereocenters. The molecule has 1 N–H and O–H groups in total. The van der Waals surface area contributed by atoms with Crippen molar-refractivity contribution in [3.63, 3.8) is 0 Å². The number of nitrogens with one attached hydrogen (secondary N) is 1. The summed E-state index contributed by atoms with van der Waals surface area (Å²) in [5.41, 5.74) is 0. The van der Waals surface area contributed by atoms with E-state index in [0.29, 0.717) is 6.10 Å². The quantitative estimate of drug-likeness (QED) is 0.346. The first kappa shape index (κ1) is 21.2. The molecule has 1 rings (SSSR count). The van der Waals surface area contributed by atoms with Crippen LogP contribution in [0.15, 0.2) is 0 Å². The molecule has 1 saturated heterocycles. The Morgan fingerprint density at radius 1 is 0.762 bits per heavy atom. The highest BCUT2D eigenvalue weighted by atomic mass is 35.5. The Hall–Kier alpha value is 0.210. The molecule has 0 aliphatic carbocycles. The fourth-order valence-electron chi connectivity index (χ4n) is 3.00. The third-order valence-corrected chi connectivity index (χ3v) is 4.71. The molecule has 0 radical (unpaired) electrons. The van der Waals surface area contributed by atoms with Crippen LogP contribution in [0, 0.1) is 0 Å². The first-order valence-corrected chi connectivity index (χ1v) is 9.32. The summed E-state index contributed by atoms with van der Waals surface area (Å²) < 4.78 is 5.23. The lowest BCUT2D eigenvalue weighted by Crippen LogP contribution is -3.11. The van der Waals surface area contributed by atoms with E-state index in [1.54, 1.807) is 4.90 Å². The van der Waals surface area contributed by atoms with Gasteiger partial charge in [-0.05, 0) is 33.1 Å². The molecule has 1 aliphatic rings. The summed E-state index contributed by atoms with van der Waals surface area (Å²) in [7, 11) is 0. The van der Waals surface area contributed by atoms with Gasteiger partial charge in [0.2, 0.25) is 0 Å². The van der Waals surface area contributed by atoms with Crippen molar-refractivity contribution in [1.29, 1.82) is 0 Å². The van der Waals surface area contributed by atoms with Crippen LogP contribution < -0.4 is 17.3 Å². The monoisotopic (exact) mass is 319 g/mol. The normalized spacial score (nSPS) is 17.0. The highest BCUT2D eigenvalue weighted by Crippen LogP contribution is 2.18. The number of unbranched alkanes of at least 4 members (excludes halogenated alkanes) is 9. The molecule has 21 heavy (non-hydrogen) atoms. The van der Waals surface area contributed by atoms with Gasteiger partial charge in [0.15, 0.2) is 0 Å². The lowest BCUT2D eigenvalue weighted by molar-refractivity contribution is -0.896. The average molecular weight is 320 g/mol. The van der Waals surface area contributed by atoms with Gasteiger partial charge in [0.25, 0.3) is 0 Å². The van der Waals surface area contributed by atoms with E-state index in [1.807, 2.05) is 0 Å². The molecule has 0 spiro atoms. The summed E-state index contributed by atoms with van der Waals surface area (Å²) in [6.07, 6.45) is 16.4. The second kappa shape index (κ2) is 15.1. The highest BCUT2D eigenvalue weighted by molar-refractivity contribution is 4.68. The number of hydrogen-bond acceptors (Lipinski definition) is 1. The maximum atomic E-state index is 5.23. The predicted octanol–water partition coefficient (Wildman–Crippen LogP) is 0.605. The number of halogens is 1. The number of rotatable bonds is 15. The third-order valence-electron chi connectivity index (χ3n) is 4.71. The van der Waals surface area contributed by atoms with Crippen LogP contribution in [0.5, 0.6) is 0 Å². The zero-order valence-electron chi connectivity index (χ0n) is 14.5. The molecule has 2 nitrogen and oxygen atoms in total. The van der Waals surface area contributed by atoms with Crippen LogP contribution in [-0.4, -0.2) is 32.3 Å². The van der Waals surface area contributed by atoms with Gasteiger partial charge in [-0.3, -0.25) is 0 Å². The van der Waals surface area contributed by atoms with Gasteiger partial charge in [-0.25, -0.2) is 0 Å². The summed E-state index contributed by atoms with van der Waals surface area (Å²) in [5, 5.41) is 0. The van der Waals surface area contributed by atoms with Gasteiger partial charge in [0, 0.05) is 0 Å². The van der Waals surface area contributed by atoms with E-state index in [0.717, 1.165) is 6.61 Å². The van der Waals surface area contributed by atoms with Gasteiger partial charge in [0.1, 0.15) is 0 Å². The van der Waals surface area contributed by atoms with E-state index in [1.165, 1.54) is 90.3 Å². The fourth-order valence-corrected chi connectivity index (χ4v) is 3.00. The van der Waals surface area contributed by atoms with Crippen LogP contribution >= 0.6 is 0 Å². The van der Waals surface area contributed by atoms with Crippen molar-refractivity contribution in [2.75, 3.05) is 26.2 Å². The van der Waals surface area contributed by atoms with Crippen molar-refractivity contribution < 1.29 is 22.0 Å². The van der Waals surface area contributed by atoms with Crippen molar-refractivity contribution >= 4 is 0 Å². The number of epoxide rings is 1. The Morgan fingerprint density at radius 3 is 1.62 bits per heavy atom. The van der Waals surface area contributed by atoms with E-state index < -0.39 is 0 Å². The van der Waals surface area contributed by atoms with Crippen LogP contribution in [0.2, 0.25) is 0 Å². The Bertz CT molecular complexity index is 205. The highest BCUT2D eigenvalue weighted by Gasteiger charge is 2.20. The largest absolute Gasteiger partial charge is 1.00 e. The SMILES string of the molecule is CC[NH+](CC)CCCCCCCCCCCCC1CO1.[Cl-]. The summed E-state index contributed by atoms with van der Waals surface area (Å²) >= 11 is 0. The molecule has 0 aromatic rings. The van der Waals surface area contributed by atoms with E-state index in [-0.39, 0.29) is 12.4 Å². The fraction of sp³-hybridized carbons (Fsp3) is 1.00. The molecular weight excluding hydrogens is 282 g/mol. The summed E-state index contributed by atoms with van der Waals surface area (Å²) in [6.45, 7) is 9.62. The van der Waals surface area contributed by atoms with Crippen LogP contribution in [-0.2, 0) is 4.74 Å². The lowest BCUT2D eigenvalue weighted by Gasteiger charge is -2.14. The zero-order valence-corrected chi connectivity index (χ0v) is 15.2. The van der Waals surface area contributed by atoms with Gasteiger partial charge < -0.3 is 22.0 Å². The molecule has 0 bridgehead atoms. The van der Waals surface area contributed by atoms with E-state index in [2.05, 4.69) is 13.8 Å². The summed E-state index contributed by atoms with van der Waals surface area (Å²) in [6, 6.07) is 0. The number of quaternary nitrogens is 1. The smallest absolute Gasteiger partial charge is 0.0810 e. The van der Waals surface area contributed by atoms with Crippen LogP contribution in [0.25, 0.3) is 0 Å². The Morgan fingerprint density at radius 2 is 1.19 bits per heavy atom. The van der Waals surface area contributed by atoms with Gasteiger partial charge in [0.05, 0.1) is 32.3 Å². The van der Waals surface area contributed by atoms with Crippen molar-refractivity contribution in [1.82, 2.24) is 0 Å². The molecule has 0 amide bonds. The Kier molecular flexibility index (Phi) is 15.3. The molecule has 1 heterocycles. The molecule has 128 valence electrons. The molecular formula is C18H38ClNO. The van der Waals surface area contributed by atoms with Crippen LogP contribution in [0.1, 0.15) is 84.5 Å². The molecule has 0 aromatic carbocycles. The lowest BCUT2D eigenvalue weighted by atomic mass is 10.1. The predicted molar refractivity (Wildman–Crippen MR) is 87.4 cm³/mol. The molecule has 1 atom stereocenters. The zero-order chi connectivity index (χ0) is 14.5. The Labute approximate surface area is 139 Å². The van der Waals surface area contributed by atoms with E-state index in [4.69, 9.17) is 4.74 Å². The number of ether oxygens (including phenoxy) is 1. The van der Waals surface area contributed by atoms with Crippen molar-refractivity contribution in [3.05, 3.63) is 0 Å². The maximum Gasteiger partial charge on any atom is 0.0810 e. The van der Waals surface area contributed by atoms with E-state index in [9.17, 15) is 0 Å². The maximum absolute atomic E-state index is 5.23. The standard InChI is InChI=1S/C18H37NO.ClH/c1-3-19(4-2)16-14-12-10-8-6-5-7-9-11-13-15-18-17-20-18;/h18H,3-17H2,1-2H3;1H. The van der Waals surface area contributed by atoms with Gasteiger partial charge in [-0.2, -0.15) is 0 Å². The summed E-state index contributed by atoms with van der Waals surface area (Å²) in [4.78, 5) is 1.77. The first-order valence-electron chi connectivity index (χ1n) is 9.32. The van der Waals surface area contributed by atoms with Gasteiger partial charge >= 0.3 is 0 Å². The molecule has 0 saturated carbocycles. The molecule has 3 heteroatoms. The third kappa shape index (κ3) is 13.6. The van der Waals surface area contributed by atoms with Crippen LogP contribution in [0.4, 0.5) is 0 Å². The van der Waals surface area contributed by atoms with Crippen molar-refractivity contribution in [3.8, 4) is 0 Å². The van der Waals surface area contributed by atoms with Gasteiger partial charge in [-0.1, -0.05) is 51.4 Å². The molecule has 0 aromatic heterocycles. The number of hydrogen-bond donors (Lipinski definition) is 1. The second-order valence-corrected chi connectivity index (χ2v) is 6.49. The Balaban J connectivity index is 0.00000400. The minimum absolute atomic E-state index is 0. The average Bonchev–Trinajstić information content (AvgIpc) is 3.28. The van der Waals surface area contributed by atoms with Gasteiger partial charge in [-0.15, -0.1) is 0 Å². The van der Waals surface area contributed by atoms with E-state index >= 15 is 0 Å². The summed E-state index contributed by atoms with van der Waals surface area (Å²) in [5.74, 6) is 0. The minimum atomic E-state index is 0. The van der Waals surface area contributed by atoms with Crippen LogP contribution in [0.3, 0.4) is 0 Å². The van der Waals surface area contributed by atoms with Crippen molar-refractivity contribution in [2.45, 2.75) is 90.6 Å². The minimum Gasteiger partial charge on any atom is -1.00 e. The second-order valence-electron chi connectivity index (χ2n) is 6.49. The molecule has 1 aliphatic heterocycles.